The molecule has 11 heteroatoms. The van der Waals surface area contributed by atoms with E-state index in [-0.39, 0.29) is 16.2 Å². The quantitative estimate of drug-likeness (QED) is 0.280. The average molecular weight is 422 g/mol. The Morgan fingerprint density at radius 1 is 1.14 bits per heavy atom. The number of nitrogens with one attached hydrogen (secondary N) is 1. The number of hydrogen-bond acceptors (Lipinski definition) is 8. The van der Waals surface area contributed by atoms with Gasteiger partial charge in [-0.2, -0.15) is 8.42 Å². The summed E-state index contributed by atoms with van der Waals surface area (Å²) < 4.78 is 34.3. The number of nitrogens with zero attached hydrogens (tertiary/aromatic N) is 1. The number of non-ortho nitro benzene ring substituents is 1. The summed E-state index contributed by atoms with van der Waals surface area (Å²) in [5, 5.41) is 13.3. The third-order valence-corrected chi connectivity index (χ3v) is 4.76. The molecule has 0 aromatic heterocycles. The van der Waals surface area contributed by atoms with Crippen LogP contribution in [0, 0.1) is 10.1 Å². The molecule has 2 aromatic rings. The Morgan fingerprint density at radius 3 is 2.45 bits per heavy atom. The molecule has 0 aliphatic heterocycles. The van der Waals surface area contributed by atoms with Crippen molar-refractivity contribution in [2.45, 2.75) is 18.2 Å². The van der Waals surface area contributed by atoms with E-state index in [2.05, 4.69) is 5.32 Å². The van der Waals surface area contributed by atoms with Crippen LogP contribution >= 0.6 is 0 Å². The Bertz CT molecular complexity index is 1000. The molecule has 154 valence electrons. The molecular formula is C18H18N2O8S. The summed E-state index contributed by atoms with van der Waals surface area (Å²) in [5.41, 5.74) is -0.302. The first kappa shape index (κ1) is 21.8. The lowest BCUT2D eigenvalue weighted by Crippen LogP contribution is -2.29. The number of hydrogen-bond donors (Lipinski definition) is 1. The van der Waals surface area contributed by atoms with Crippen molar-refractivity contribution in [2.75, 3.05) is 13.2 Å². The number of esters is 1. The lowest BCUT2D eigenvalue weighted by atomic mass is 10.2. The van der Waals surface area contributed by atoms with Crippen LogP contribution in [0.3, 0.4) is 0 Å². The zero-order valence-corrected chi connectivity index (χ0v) is 16.2. The van der Waals surface area contributed by atoms with E-state index in [4.69, 9.17) is 8.92 Å². The van der Waals surface area contributed by atoms with E-state index in [1.807, 2.05) is 6.92 Å². The van der Waals surface area contributed by atoms with E-state index in [0.717, 1.165) is 24.6 Å². The van der Waals surface area contributed by atoms with Gasteiger partial charge in [0.15, 0.2) is 6.61 Å². The van der Waals surface area contributed by atoms with Crippen molar-refractivity contribution in [1.29, 1.82) is 0 Å². The Morgan fingerprint density at radius 2 is 1.83 bits per heavy atom. The number of carbonyl (C=O) groups is 2. The Hall–Kier alpha value is -3.47. The average Bonchev–Trinajstić information content (AvgIpc) is 2.70. The molecule has 0 atom stereocenters. The number of rotatable bonds is 9. The largest absolute Gasteiger partial charge is 0.452 e. The number of nitro groups is 1. The number of ether oxygens (including phenoxy) is 1. The molecule has 0 radical (unpaired) electrons. The Labute approximate surface area is 166 Å². The van der Waals surface area contributed by atoms with Crippen LogP contribution in [-0.4, -0.2) is 38.4 Å². The van der Waals surface area contributed by atoms with Crippen molar-refractivity contribution in [3.63, 3.8) is 0 Å². The van der Waals surface area contributed by atoms with Crippen LogP contribution in [-0.2, 0) is 19.6 Å². The van der Waals surface area contributed by atoms with Crippen LogP contribution in [0.2, 0.25) is 0 Å². The minimum Gasteiger partial charge on any atom is -0.452 e. The molecule has 0 heterocycles. The van der Waals surface area contributed by atoms with Gasteiger partial charge in [-0.25, -0.2) is 4.79 Å². The summed E-state index contributed by atoms with van der Waals surface area (Å²) in [5.74, 6) is -1.29. The van der Waals surface area contributed by atoms with Crippen molar-refractivity contribution in [3.05, 3.63) is 64.2 Å². The van der Waals surface area contributed by atoms with Gasteiger partial charge in [0.1, 0.15) is 10.6 Å². The van der Waals surface area contributed by atoms with Gasteiger partial charge in [-0.1, -0.05) is 13.0 Å². The molecule has 2 aromatic carbocycles. The highest BCUT2D eigenvalue weighted by Gasteiger charge is 2.20. The zero-order valence-electron chi connectivity index (χ0n) is 15.4. The molecule has 0 unspecified atom stereocenters. The minimum atomic E-state index is -4.31. The van der Waals surface area contributed by atoms with Crippen molar-refractivity contribution >= 4 is 27.7 Å². The van der Waals surface area contributed by atoms with E-state index >= 15 is 0 Å². The summed E-state index contributed by atoms with van der Waals surface area (Å²) in [6.45, 7) is 1.93. The molecule has 2 rings (SSSR count). The summed E-state index contributed by atoms with van der Waals surface area (Å²) in [6.07, 6.45) is 0.750. The second-order valence-electron chi connectivity index (χ2n) is 5.74. The number of amides is 1. The number of nitro benzene ring substituents is 1. The van der Waals surface area contributed by atoms with E-state index in [1.165, 1.54) is 30.3 Å². The third-order valence-electron chi connectivity index (χ3n) is 3.52. The predicted octanol–water partition coefficient (Wildman–Crippen LogP) is 2.05. The van der Waals surface area contributed by atoms with Crippen molar-refractivity contribution in [3.8, 4) is 5.75 Å². The first-order chi connectivity index (χ1) is 13.7. The molecule has 10 nitrogen and oxygen atoms in total. The monoisotopic (exact) mass is 422 g/mol. The van der Waals surface area contributed by atoms with Gasteiger partial charge in [0.25, 0.3) is 11.6 Å². The van der Waals surface area contributed by atoms with E-state index in [9.17, 15) is 28.1 Å². The van der Waals surface area contributed by atoms with Crippen LogP contribution in [0.1, 0.15) is 23.7 Å². The standard InChI is InChI=1S/C18H18N2O8S/c1-2-10-19-17(21)12-27-18(22)13-6-8-15(9-7-13)28-29(25,26)16-5-3-4-14(11-16)20(23)24/h3-9,11H,2,10,12H2,1H3,(H,19,21). The molecule has 0 bridgehead atoms. The maximum Gasteiger partial charge on any atom is 0.339 e. The highest BCUT2D eigenvalue weighted by atomic mass is 32.2. The second-order valence-corrected chi connectivity index (χ2v) is 7.29. The van der Waals surface area contributed by atoms with Crippen molar-refractivity contribution in [2.24, 2.45) is 0 Å². The second kappa shape index (κ2) is 9.64. The summed E-state index contributed by atoms with van der Waals surface area (Å²) in [6, 6.07) is 9.41. The molecular weight excluding hydrogens is 404 g/mol. The maximum atomic E-state index is 12.3. The van der Waals surface area contributed by atoms with Crippen LogP contribution in [0.5, 0.6) is 5.75 Å². The first-order valence-electron chi connectivity index (χ1n) is 8.45. The van der Waals surface area contributed by atoms with Gasteiger partial charge in [0.05, 0.1) is 10.5 Å². The summed E-state index contributed by atoms with van der Waals surface area (Å²) >= 11 is 0. The highest BCUT2D eigenvalue weighted by Crippen LogP contribution is 2.22. The van der Waals surface area contributed by atoms with Gasteiger partial charge in [-0.05, 0) is 36.8 Å². The molecule has 1 amide bonds. The highest BCUT2D eigenvalue weighted by molar-refractivity contribution is 7.87. The maximum absolute atomic E-state index is 12.3. The molecule has 0 spiro atoms. The summed E-state index contributed by atoms with van der Waals surface area (Å²) in [4.78, 5) is 33.0. The topological polar surface area (TPSA) is 142 Å². The SMILES string of the molecule is CCCNC(=O)COC(=O)c1ccc(OS(=O)(=O)c2cccc([N+](=O)[O-])c2)cc1. The van der Waals surface area contributed by atoms with Gasteiger partial charge in [-0.3, -0.25) is 14.9 Å². The normalized spacial score (nSPS) is 10.8. The van der Waals surface area contributed by atoms with Gasteiger partial charge in [0.2, 0.25) is 0 Å². The number of carbonyl (C=O) groups excluding carboxylic acids is 2. The first-order valence-corrected chi connectivity index (χ1v) is 9.86. The summed E-state index contributed by atoms with van der Waals surface area (Å²) in [7, 11) is -4.31. The molecule has 0 fully saturated rings. The fourth-order valence-corrected chi connectivity index (χ4v) is 3.07. The zero-order chi connectivity index (χ0) is 21.4. The van der Waals surface area contributed by atoms with Gasteiger partial charge in [0, 0.05) is 18.7 Å². The van der Waals surface area contributed by atoms with Crippen molar-refractivity contribution < 1.29 is 31.9 Å². The molecule has 0 saturated heterocycles. The van der Waals surface area contributed by atoms with Crippen LogP contribution < -0.4 is 9.50 Å². The molecule has 0 aliphatic rings. The minimum absolute atomic E-state index is 0.0911. The Kier molecular flexibility index (Phi) is 7.26. The van der Waals surface area contributed by atoms with E-state index < -0.39 is 39.2 Å². The van der Waals surface area contributed by atoms with Gasteiger partial charge < -0.3 is 14.2 Å². The van der Waals surface area contributed by atoms with Gasteiger partial charge >= 0.3 is 16.1 Å². The molecule has 0 saturated carbocycles. The fraction of sp³-hybridized carbons (Fsp3) is 0.222. The van der Waals surface area contributed by atoms with Crippen LogP contribution in [0.25, 0.3) is 0 Å². The van der Waals surface area contributed by atoms with Crippen molar-refractivity contribution in [1.82, 2.24) is 5.32 Å². The van der Waals surface area contributed by atoms with Gasteiger partial charge in [-0.15, -0.1) is 0 Å². The fourth-order valence-electron chi connectivity index (χ4n) is 2.10. The Balaban J connectivity index is 2.03. The molecule has 1 N–H and O–H groups in total. The van der Waals surface area contributed by atoms with E-state index in [0.29, 0.717) is 6.54 Å². The third kappa shape index (κ3) is 6.28. The molecule has 0 aliphatic carbocycles. The van der Waals surface area contributed by atoms with E-state index in [1.54, 1.807) is 0 Å². The number of benzene rings is 2. The lowest BCUT2D eigenvalue weighted by Gasteiger charge is -2.08. The predicted molar refractivity (Wildman–Crippen MR) is 101 cm³/mol. The molecule has 29 heavy (non-hydrogen) atoms. The van der Waals surface area contributed by atoms with Crippen LogP contribution in [0.15, 0.2) is 53.4 Å². The van der Waals surface area contributed by atoms with Crippen LogP contribution in [0.4, 0.5) is 5.69 Å². The smallest absolute Gasteiger partial charge is 0.339 e. The lowest BCUT2D eigenvalue weighted by molar-refractivity contribution is -0.385.